The summed E-state index contributed by atoms with van der Waals surface area (Å²) in [4.78, 5) is 16.0. The second kappa shape index (κ2) is 5.94. The minimum atomic E-state index is -0.0753. The number of ketones is 1. The van der Waals surface area contributed by atoms with Crippen LogP contribution in [-0.2, 0) is 0 Å². The first-order chi connectivity index (χ1) is 10.2. The molecule has 0 aliphatic rings. The predicted octanol–water partition coefficient (Wildman–Crippen LogP) is 4.15. The van der Waals surface area contributed by atoms with Gasteiger partial charge in [0, 0.05) is 17.8 Å². The van der Waals surface area contributed by atoms with Gasteiger partial charge in [-0.15, -0.1) is 0 Å². The molecule has 0 saturated carbocycles. The van der Waals surface area contributed by atoms with Crippen molar-refractivity contribution in [3.63, 3.8) is 0 Å². The summed E-state index contributed by atoms with van der Waals surface area (Å²) in [6.45, 7) is -0.0291. The Morgan fingerprint density at radius 1 is 1.05 bits per heavy atom. The highest BCUT2D eigenvalue weighted by molar-refractivity contribution is 6.29. The van der Waals surface area contributed by atoms with E-state index in [-0.39, 0.29) is 12.4 Å². The molecule has 3 rings (SSSR count). The van der Waals surface area contributed by atoms with Crippen LogP contribution in [0.1, 0.15) is 10.4 Å². The first-order valence-corrected chi connectivity index (χ1v) is 6.86. The summed E-state index contributed by atoms with van der Waals surface area (Å²) >= 11 is 5.77. The van der Waals surface area contributed by atoms with E-state index in [1.165, 1.54) is 6.20 Å². The van der Waals surface area contributed by atoms with Crippen LogP contribution in [0, 0.1) is 0 Å². The first kappa shape index (κ1) is 13.6. The fourth-order valence-corrected chi connectivity index (χ4v) is 2.23. The molecule has 0 atom stereocenters. The second-order valence-electron chi connectivity index (χ2n) is 4.59. The molecule has 0 fully saturated rings. The van der Waals surface area contributed by atoms with Gasteiger partial charge in [-0.1, -0.05) is 48.0 Å². The largest absolute Gasteiger partial charge is 0.485 e. The maximum Gasteiger partial charge on any atom is 0.200 e. The number of ether oxygens (including phenoxy) is 1. The van der Waals surface area contributed by atoms with Crippen molar-refractivity contribution < 1.29 is 9.53 Å². The van der Waals surface area contributed by atoms with E-state index in [4.69, 9.17) is 16.3 Å². The van der Waals surface area contributed by atoms with Crippen LogP contribution in [0.15, 0.2) is 60.8 Å². The Morgan fingerprint density at radius 3 is 2.67 bits per heavy atom. The molecule has 21 heavy (non-hydrogen) atoms. The molecule has 3 nitrogen and oxygen atoms in total. The van der Waals surface area contributed by atoms with E-state index < -0.39 is 0 Å². The van der Waals surface area contributed by atoms with Crippen LogP contribution in [0.5, 0.6) is 5.75 Å². The van der Waals surface area contributed by atoms with E-state index in [1.807, 2.05) is 42.5 Å². The van der Waals surface area contributed by atoms with E-state index >= 15 is 0 Å². The molecule has 104 valence electrons. The van der Waals surface area contributed by atoms with Crippen LogP contribution in [0.4, 0.5) is 0 Å². The molecule has 0 aliphatic heterocycles. The van der Waals surface area contributed by atoms with E-state index in [1.54, 1.807) is 12.1 Å². The van der Waals surface area contributed by atoms with E-state index in [2.05, 4.69) is 4.98 Å². The number of rotatable bonds is 4. The average molecular weight is 298 g/mol. The quantitative estimate of drug-likeness (QED) is 0.536. The van der Waals surface area contributed by atoms with E-state index in [0.717, 1.165) is 10.8 Å². The van der Waals surface area contributed by atoms with Gasteiger partial charge in [0.2, 0.25) is 0 Å². The van der Waals surface area contributed by atoms with Crippen molar-refractivity contribution in [2.24, 2.45) is 0 Å². The molecule has 0 bridgehead atoms. The maximum atomic E-state index is 12.2. The van der Waals surface area contributed by atoms with Gasteiger partial charge in [-0.3, -0.25) is 4.79 Å². The van der Waals surface area contributed by atoms with Gasteiger partial charge in [0.25, 0.3) is 0 Å². The van der Waals surface area contributed by atoms with Gasteiger partial charge in [0.05, 0.1) is 0 Å². The Balaban J connectivity index is 1.74. The van der Waals surface area contributed by atoms with Crippen LogP contribution in [-0.4, -0.2) is 17.4 Å². The number of hydrogen-bond donors (Lipinski definition) is 0. The topological polar surface area (TPSA) is 39.2 Å². The first-order valence-electron chi connectivity index (χ1n) is 6.49. The summed E-state index contributed by atoms with van der Waals surface area (Å²) in [5.74, 6) is 0.456. The molecule has 0 radical (unpaired) electrons. The molecule has 1 heterocycles. The predicted molar refractivity (Wildman–Crippen MR) is 83.0 cm³/mol. The molecular weight excluding hydrogens is 286 g/mol. The molecule has 0 aliphatic carbocycles. The molecule has 4 heteroatoms. The van der Waals surface area contributed by atoms with Gasteiger partial charge in [-0.05, 0) is 22.9 Å². The van der Waals surface area contributed by atoms with Gasteiger partial charge in [-0.2, -0.15) is 0 Å². The van der Waals surface area contributed by atoms with Gasteiger partial charge < -0.3 is 4.74 Å². The molecule has 0 spiro atoms. The van der Waals surface area contributed by atoms with Crippen molar-refractivity contribution in [1.82, 2.24) is 4.98 Å². The number of fused-ring (bicyclic) bond motifs is 1. The highest BCUT2D eigenvalue weighted by Gasteiger charge is 2.08. The van der Waals surface area contributed by atoms with Crippen LogP contribution in [0.25, 0.3) is 10.8 Å². The number of halogens is 1. The second-order valence-corrected chi connectivity index (χ2v) is 4.98. The number of carbonyl (C=O) groups excluding carboxylic acids is 1. The van der Waals surface area contributed by atoms with Gasteiger partial charge >= 0.3 is 0 Å². The Morgan fingerprint density at radius 2 is 1.86 bits per heavy atom. The highest BCUT2D eigenvalue weighted by atomic mass is 35.5. The number of carbonyl (C=O) groups is 1. The minimum absolute atomic E-state index is 0.0291. The fourth-order valence-electron chi connectivity index (χ4n) is 2.07. The fraction of sp³-hybridized carbons (Fsp3) is 0.0588. The summed E-state index contributed by atoms with van der Waals surface area (Å²) < 4.78 is 5.44. The lowest BCUT2D eigenvalue weighted by molar-refractivity contribution is 0.0921. The zero-order chi connectivity index (χ0) is 14.7. The average Bonchev–Trinajstić information content (AvgIpc) is 2.52. The lowest BCUT2D eigenvalue weighted by Gasteiger charge is -2.06. The third-order valence-corrected chi connectivity index (χ3v) is 3.35. The van der Waals surface area contributed by atoms with Crippen LogP contribution in [0.3, 0.4) is 0 Å². The molecule has 0 N–H and O–H groups in total. The van der Waals surface area contributed by atoms with Crippen molar-refractivity contribution >= 4 is 28.2 Å². The molecule has 2 aromatic carbocycles. The van der Waals surface area contributed by atoms with Crippen molar-refractivity contribution in [3.8, 4) is 5.75 Å². The molecule has 0 saturated heterocycles. The van der Waals surface area contributed by atoms with E-state index in [0.29, 0.717) is 16.5 Å². The highest BCUT2D eigenvalue weighted by Crippen LogP contribution is 2.17. The lowest BCUT2D eigenvalue weighted by Crippen LogP contribution is -2.11. The van der Waals surface area contributed by atoms with Crippen molar-refractivity contribution in [2.45, 2.75) is 0 Å². The van der Waals surface area contributed by atoms with Crippen LogP contribution in [0.2, 0.25) is 5.15 Å². The van der Waals surface area contributed by atoms with Crippen molar-refractivity contribution in [1.29, 1.82) is 0 Å². The number of aromatic nitrogens is 1. The van der Waals surface area contributed by atoms with Crippen molar-refractivity contribution in [3.05, 3.63) is 71.5 Å². The smallest absolute Gasteiger partial charge is 0.200 e. The third-order valence-electron chi connectivity index (χ3n) is 3.14. The summed E-state index contributed by atoms with van der Waals surface area (Å²) in [6.07, 6.45) is 1.54. The zero-order valence-corrected chi connectivity index (χ0v) is 11.9. The molecule has 0 amide bonds. The van der Waals surface area contributed by atoms with Gasteiger partial charge in [-0.25, -0.2) is 4.98 Å². The molecule has 3 aromatic rings. The SMILES string of the molecule is O=C(COc1ccnc(Cl)c1)c1ccc2ccccc2c1. The van der Waals surface area contributed by atoms with Crippen LogP contribution >= 0.6 is 11.6 Å². The summed E-state index contributed by atoms with van der Waals surface area (Å²) in [5.41, 5.74) is 0.633. The maximum absolute atomic E-state index is 12.2. The minimum Gasteiger partial charge on any atom is -0.485 e. The number of nitrogens with zero attached hydrogens (tertiary/aromatic N) is 1. The molecular formula is C17H12ClNO2. The Kier molecular flexibility index (Phi) is 3.84. The summed E-state index contributed by atoms with van der Waals surface area (Å²) in [6, 6.07) is 16.8. The molecule has 1 aromatic heterocycles. The summed E-state index contributed by atoms with van der Waals surface area (Å²) in [7, 11) is 0. The number of pyridine rings is 1. The standard InChI is InChI=1S/C17H12ClNO2/c18-17-10-15(7-8-19-17)21-11-16(20)14-6-5-12-3-1-2-4-13(12)9-14/h1-10H,11H2. The van der Waals surface area contributed by atoms with Crippen LogP contribution < -0.4 is 4.74 Å². The Labute approximate surface area is 127 Å². The van der Waals surface area contributed by atoms with Gasteiger partial charge in [0.15, 0.2) is 12.4 Å². The number of hydrogen-bond acceptors (Lipinski definition) is 3. The Hall–Kier alpha value is -2.39. The van der Waals surface area contributed by atoms with Gasteiger partial charge in [0.1, 0.15) is 10.9 Å². The monoisotopic (exact) mass is 297 g/mol. The molecule has 0 unspecified atom stereocenters. The normalized spacial score (nSPS) is 10.5. The lowest BCUT2D eigenvalue weighted by atomic mass is 10.0. The van der Waals surface area contributed by atoms with Crippen molar-refractivity contribution in [2.75, 3.05) is 6.61 Å². The Bertz CT molecular complexity index is 801. The number of benzene rings is 2. The zero-order valence-electron chi connectivity index (χ0n) is 11.1. The third kappa shape index (κ3) is 3.20. The summed E-state index contributed by atoms with van der Waals surface area (Å²) in [5, 5.41) is 2.48. The number of Topliss-reactive ketones (excluding diaryl/α,β-unsaturated/α-hetero) is 1. The van der Waals surface area contributed by atoms with E-state index in [9.17, 15) is 4.79 Å².